The van der Waals surface area contributed by atoms with Gasteiger partial charge in [-0.25, -0.2) is 0 Å². The van der Waals surface area contributed by atoms with E-state index in [4.69, 9.17) is 11.5 Å². The number of hydrogen-bond donors (Lipinski definition) is 2. The molecule has 0 spiro atoms. The maximum atomic E-state index is 5.57. The van der Waals surface area contributed by atoms with E-state index in [-0.39, 0.29) is 4.32 Å². The van der Waals surface area contributed by atoms with E-state index in [0.29, 0.717) is 13.1 Å². The Labute approximate surface area is 75.5 Å². The van der Waals surface area contributed by atoms with E-state index in [1.807, 2.05) is 6.08 Å². The molecule has 1 aliphatic carbocycles. The van der Waals surface area contributed by atoms with Gasteiger partial charge in [0.15, 0.2) is 0 Å². The van der Waals surface area contributed by atoms with E-state index < -0.39 is 0 Å². The quantitative estimate of drug-likeness (QED) is 0.676. The van der Waals surface area contributed by atoms with Crippen molar-refractivity contribution in [2.45, 2.75) is 10.7 Å². The Morgan fingerprint density at radius 2 is 2.27 bits per heavy atom. The molecule has 0 heterocycles. The number of rotatable bonds is 2. The highest BCUT2D eigenvalue weighted by atomic mass is 79.9. The van der Waals surface area contributed by atoms with Crippen molar-refractivity contribution in [2.24, 2.45) is 11.5 Å². The van der Waals surface area contributed by atoms with Gasteiger partial charge in [-0.1, -0.05) is 34.2 Å². The second kappa shape index (κ2) is 3.52. The molecule has 0 saturated heterocycles. The van der Waals surface area contributed by atoms with Gasteiger partial charge in [0.25, 0.3) is 0 Å². The Bertz CT molecular complexity index is 198. The Hall–Kier alpha value is -0.120. The lowest BCUT2D eigenvalue weighted by Gasteiger charge is -2.23. The Balaban J connectivity index is 2.63. The predicted octanol–water partition coefficient (Wildman–Crippen LogP) is 0.924. The summed E-state index contributed by atoms with van der Waals surface area (Å²) >= 11 is 3.55. The van der Waals surface area contributed by atoms with Gasteiger partial charge in [-0.3, -0.25) is 0 Å². The number of halogens is 1. The van der Waals surface area contributed by atoms with E-state index in [1.54, 1.807) is 0 Å². The van der Waals surface area contributed by atoms with Crippen LogP contribution in [0, 0.1) is 0 Å². The van der Waals surface area contributed by atoms with Crippen molar-refractivity contribution in [1.29, 1.82) is 0 Å². The molecule has 1 aliphatic rings. The highest BCUT2D eigenvalue weighted by Crippen LogP contribution is 2.28. The molecule has 0 bridgehead atoms. The first-order valence-electron chi connectivity index (χ1n) is 3.67. The Morgan fingerprint density at radius 1 is 1.55 bits per heavy atom. The van der Waals surface area contributed by atoms with Crippen LogP contribution < -0.4 is 11.5 Å². The second-order valence-corrected chi connectivity index (χ2v) is 4.34. The van der Waals surface area contributed by atoms with Crippen molar-refractivity contribution in [3.8, 4) is 0 Å². The summed E-state index contributed by atoms with van der Waals surface area (Å²) in [6.45, 7) is 1.24. The number of alkyl halides is 1. The van der Waals surface area contributed by atoms with Crippen molar-refractivity contribution < 1.29 is 0 Å². The Morgan fingerprint density at radius 3 is 2.64 bits per heavy atom. The number of allylic oxidation sites excluding steroid dienone is 1. The fourth-order valence-corrected chi connectivity index (χ4v) is 1.29. The fourth-order valence-electron chi connectivity index (χ4n) is 0.996. The van der Waals surface area contributed by atoms with Crippen LogP contribution in [0.15, 0.2) is 23.8 Å². The van der Waals surface area contributed by atoms with E-state index in [9.17, 15) is 0 Å². The highest BCUT2D eigenvalue weighted by Gasteiger charge is 2.21. The van der Waals surface area contributed by atoms with Crippen molar-refractivity contribution in [2.75, 3.05) is 13.1 Å². The summed E-state index contributed by atoms with van der Waals surface area (Å²) in [4.78, 5) is 0. The third-order valence-corrected chi connectivity index (χ3v) is 2.79. The predicted molar refractivity (Wildman–Crippen MR) is 51.6 cm³/mol. The fraction of sp³-hybridized carbons (Fsp3) is 0.500. The summed E-state index contributed by atoms with van der Waals surface area (Å²) in [5.41, 5.74) is 12.2. The zero-order valence-corrected chi connectivity index (χ0v) is 7.97. The molecule has 2 nitrogen and oxygen atoms in total. The lowest BCUT2D eigenvalue weighted by molar-refractivity contribution is 0.733. The summed E-state index contributed by atoms with van der Waals surface area (Å²) < 4.78 is -0.0222. The van der Waals surface area contributed by atoms with Gasteiger partial charge in [0.05, 0.1) is 4.32 Å². The number of nitrogens with two attached hydrogens (primary N) is 2. The third-order valence-electron chi connectivity index (χ3n) is 1.87. The van der Waals surface area contributed by atoms with Gasteiger partial charge >= 0.3 is 0 Å². The average molecular weight is 217 g/mol. The first kappa shape index (κ1) is 8.97. The molecule has 62 valence electrons. The van der Waals surface area contributed by atoms with Crippen LogP contribution in [-0.4, -0.2) is 17.4 Å². The minimum atomic E-state index is -0.0222. The van der Waals surface area contributed by atoms with Gasteiger partial charge in [-0.15, -0.1) is 0 Å². The van der Waals surface area contributed by atoms with Crippen molar-refractivity contribution >= 4 is 15.9 Å². The molecule has 0 fully saturated rings. The maximum Gasteiger partial charge on any atom is 0.0596 e. The normalized spacial score (nSPS) is 30.3. The van der Waals surface area contributed by atoms with Gasteiger partial charge in [-0.05, 0) is 12.0 Å². The smallest absolute Gasteiger partial charge is 0.0596 e. The van der Waals surface area contributed by atoms with E-state index in [1.165, 1.54) is 5.57 Å². The van der Waals surface area contributed by atoms with Crippen LogP contribution in [-0.2, 0) is 0 Å². The van der Waals surface area contributed by atoms with Crippen LogP contribution in [0.4, 0.5) is 0 Å². The summed E-state index contributed by atoms with van der Waals surface area (Å²) in [5, 5.41) is 0. The van der Waals surface area contributed by atoms with Gasteiger partial charge < -0.3 is 11.5 Å². The molecule has 11 heavy (non-hydrogen) atoms. The molecule has 1 atom stereocenters. The summed E-state index contributed by atoms with van der Waals surface area (Å²) in [6, 6.07) is 0. The molecule has 3 heteroatoms. The van der Waals surface area contributed by atoms with Gasteiger partial charge in [0.2, 0.25) is 0 Å². The molecule has 0 aromatic heterocycles. The minimum absolute atomic E-state index is 0.0222. The van der Waals surface area contributed by atoms with Crippen LogP contribution in [0.1, 0.15) is 6.42 Å². The molecule has 1 rings (SSSR count). The number of hydrogen-bond acceptors (Lipinski definition) is 2. The molecule has 0 aromatic rings. The molecule has 0 amide bonds. The van der Waals surface area contributed by atoms with E-state index in [0.717, 1.165) is 6.42 Å². The Kier molecular flexibility index (Phi) is 2.87. The zero-order chi connectivity index (χ0) is 8.32. The molecule has 4 N–H and O–H groups in total. The maximum absolute atomic E-state index is 5.57. The van der Waals surface area contributed by atoms with E-state index >= 15 is 0 Å². The molecule has 0 aliphatic heterocycles. The van der Waals surface area contributed by atoms with E-state index in [2.05, 4.69) is 28.1 Å². The average Bonchev–Trinajstić information content (AvgIpc) is 2.06. The topological polar surface area (TPSA) is 52.0 Å². The highest BCUT2D eigenvalue weighted by molar-refractivity contribution is 9.10. The lowest BCUT2D eigenvalue weighted by atomic mass is 9.97. The van der Waals surface area contributed by atoms with Gasteiger partial charge in [0.1, 0.15) is 0 Å². The minimum Gasteiger partial charge on any atom is -0.329 e. The van der Waals surface area contributed by atoms with Gasteiger partial charge in [-0.2, -0.15) is 0 Å². The van der Waals surface area contributed by atoms with Crippen LogP contribution in [0.25, 0.3) is 0 Å². The lowest BCUT2D eigenvalue weighted by Crippen LogP contribution is -2.30. The molecule has 0 aromatic carbocycles. The molecule has 0 radical (unpaired) electrons. The monoisotopic (exact) mass is 216 g/mol. The second-order valence-electron chi connectivity index (χ2n) is 2.76. The molecular weight excluding hydrogens is 204 g/mol. The summed E-state index contributed by atoms with van der Waals surface area (Å²) in [6.07, 6.45) is 7.18. The van der Waals surface area contributed by atoms with Crippen LogP contribution in [0.5, 0.6) is 0 Å². The first-order chi connectivity index (χ1) is 5.20. The van der Waals surface area contributed by atoms with Crippen molar-refractivity contribution in [3.63, 3.8) is 0 Å². The summed E-state index contributed by atoms with van der Waals surface area (Å²) in [7, 11) is 0. The van der Waals surface area contributed by atoms with Crippen LogP contribution in [0.2, 0.25) is 0 Å². The molecule has 0 saturated carbocycles. The first-order valence-corrected chi connectivity index (χ1v) is 4.47. The van der Waals surface area contributed by atoms with Crippen LogP contribution >= 0.6 is 15.9 Å². The summed E-state index contributed by atoms with van der Waals surface area (Å²) in [5.74, 6) is 0. The van der Waals surface area contributed by atoms with Crippen LogP contribution in [0.3, 0.4) is 0 Å². The molecule has 1 unspecified atom stereocenters. The standard InChI is InChI=1S/C8H13BrN2/c9-8(6-11)3-1-7(5-10)2-4-8/h1-3H,4-6,10-11H2. The molecular formula is C8H13BrN2. The third kappa shape index (κ3) is 2.15. The SMILES string of the molecule is NCC1=CCC(Br)(CN)C=C1. The van der Waals surface area contributed by atoms with Crippen molar-refractivity contribution in [3.05, 3.63) is 23.8 Å². The van der Waals surface area contributed by atoms with Crippen molar-refractivity contribution in [1.82, 2.24) is 0 Å². The largest absolute Gasteiger partial charge is 0.329 e. The zero-order valence-electron chi connectivity index (χ0n) is 6.39. The van der Waals surface area contributed by atoms with Gasteiger partial charge in [0, 0.05) is 13.1 Å².